The van der Waals surface area contributed by atoms with Crippen molar-refractivity contribution < 1.29 is 0 Å². The van der Waals surface area contributed by atoms with E-state index in [1.807, 2.05) is 23.5 Å². The number of hydrogen-bond acceptors (Lipinski definition) is 2. The average molecular weight is 104 g/mol. The minimum Gasteiger partial charge on any atom is -0.122 e. The van der Waals surface area contributed by atoms with Gasteiger partial charge in [0.25, 0.3) is 0 Å². The van der Waals surface area contributed by atoms with Crippen molar-refractivity contribution in [1.82, 2.24) is 0 Å². The molecule has 0 N–H and O–H groups in total. The lowest BCUT2D eigenvalue weighted by atomic mass is 11.3. The van der Waals surface area contributed by atoms with Gasteiger partial charge in [-0.25, -0.2) is 0 Å². The van der Waals surface area contributed by atoms with E-state index in [4.69, 9.17) is 0 Å². The lowest BCUT2D eigenvalue weighted by Gasteiger charge is -1.66. The molecule has 0 aliphatic carbocycles. The van der Waals surface area contributed by atoms with Crippen LogP contribution in [0.4, 0.5) is 0 Å². The maximum absolute atomic E-state index is 2.14. The van der Waals surface area contributed by atoms with Crippen LogP contribution in [-0.4, -0.2) is 6.26 Å². The summed E-state index contributed by atoms with van der Waals surface area (Å²) >= 11 is 3.64. The Bertz CT molecular complexity index is 65.3. The smallest absolute Gasteiger partial charge is 0.0508 e. The first-order valence-corrected chi connectivity index (χ1v) is 3.45. The highest BCUT2D eigenvalue weighted by Gasteiger charge is 2.03. The zero-order chi connectivity index (χ0) is 3.70. The molecule has 2 heteroatoms. The molecule has 0 atom stereocenters. The van der Waals surface area contributed by atoms with E-state index in [9.17, 15) is 0 Å². The van der Waals surface area contributed by atoms with Gasteiger partial charge < -0.3 is 0 Å². The van der Waals surface area contributed by atoms with Gasteiger partial charge in [0.15, 0.2) is 0 Å². The zero-order valence-corrected chi connectivity index (χ0v) is 4.53. The Labute approximate surface area is 40.0 Å². The molecule has 0 bridgehead atoms. The van der Waals surface area contributed by atoms with Gasteiger partial charge in [0, 0.05) is 0 Å². The van der Waals surface area contributed by atoms with Crippen LogP contribution in [-0.2, 0) is 0 Å². The second-order valence-electron chi connectivity index (χ2n) is 0.759. The first-order chi connectivity index (χ1) is 2.43. The third kappa shape index (κ3) is 0.893. The van der Waals surface area contributed by atoms with E-state index in [1.54, 1.807) is 0 Å². The molecule has 5 heavy (non-hydrogen) atoms. The monoisotopic (exact) mass is 104 g/mol. The normalized spacial score (nSPS) is 18.2. The molecule has 0 saturated heterocycles. The summed E-state index contributed by atoms with van der Waals surface area (Å²) in [5.74, 6) is 0. The van der Waals surface area contributed by atoms with Crippen LogP contribution >= 0.6 is 23.5 Å². The summed E-state index contributed by atoms with van der Waals surface area (Å²) in [5.41, 5.74) is 0. The highest BCUT2D eigenvalue weighted by Crippen LogP contribution is 2.41. The summed E-state index contributed by atoms with van der Waals surface area (Å²) in [6.07, 6.45) is 2.09. The molecule has 0 fully saturated rings. The molecule has 0 aromatic rings. The molecule has 1 aliphatic heterocycles. The Morgan fingerprint density at radius 1 is 2.00 bits per heavy atom. The van der Waals surface area contributed by atoms with Gasteiger partial charge in [0.2, 0.25) is 0 Å². The molecular weight excluding hydrogens is 100 g/mol. The minimum absolute atomic E-state index is 1.46. The molecular formula is C3H4S2. The van der Waals surface area contributed by atoms with E-state index in [0.29, 0.717) is 0 Å². The summed E-state index contributed by atoms with van der Waals surface area (Å²) < 4.78 is 1.46. The predicted octanol–water partition coefficient (Wildman–Crippen LogP) is 1.90. The molecule has 0 radical (unpaired) electrons. The number of hydrogen-bond donors (Lipinski definition) is 0. The molecule has 0 saturated carbocycles. The summed E-state index contributed by atoms with van der Waals surface area (Å²) in [6, 6.07) is 0. The number of thioether (sulfide) groups is 2. The fourth-order valence-electron chi connectivity index (χ4n) is 0.120. The summed E-state index contributed by atoms with van der Waals surface area (Å²) in [4.78, 5) is 0. The van der Waals surface area contributed by atoms with Crippen LogP contribution in [0.1, 0.15) is 0 Å². The van der Waals surface area contributed by atoms with Gasteiger partial charge >= 0.3 is 0 Å². The van der Waals surface area contributed by atoms with Crippen LogP contribution in [0.25, 0.3) is 0 Å². The van der Waals surface area contributed by atoms with Crippen molar-refractivity contribution in [2.24, 2.45) is 0 Å². The molecule has 0 aromatic heterocycles. The zero-order valence-electron chi connectivity index (χ0n) is 2.89. The van der Waals surface area contributed by atoms with E-state index in [0.717, 1.165) is 0 Å². The van der Waals surface area contributed by atoms with Crippen LogP contribution < -0.4 is 0 Å². The molecule has 28 valence electrons. The van der Waals surface area contributed by atoms with E-state index in [2.05, 4.69) is 11.7 Å². The Morgan fingerprint density at radius 3 is 2.60 bits per heavy atom. The van der Waals surface area contributed by atoms with Crippen molar-refractivity contribution in [2.75, 3.05) is 6.26 Å². The first kappa shape index (κ1) is 3.62. The third-order valence-corrected chi connectivity index (χ3v) is 2.32. The van der Waals surface area contributed by atoms with Crippen molar-refractivity contribution in [3.8, 4) is 0 Å². The van der Waals surface area contributed by atoms with Crippen LogP contribution in [0, 0.1) is 0 Å². The third-order valence-electron chi connectivity index (χ3n) is 0.415. The van der Waals surface area contributed by atoms with Crippen LogP contribution in [0.5, 0.6) is 0 Å². The van der Waals surface area contributed by atoms with Crippen molar-refractivity contribution in [3.05, 3.63) is 9.65 Å². The maximum Gasteiger partial charge on any atom is 0.0508 e. The maximum atomic E-state index is 2.14. The van der Waals surface area contributed by atoms with Crippen LogP contribution in [0.2, 0.25) is 0 Å². The summed E-state index contributed by atoms with van der Waals surface area (Å²) in [6.45, 7) is 0. The number of rotatable bonds is 1. The second kappa shape index (κ2) is 1.27. The standard InChI is InChI=1S/C3H4S2/c1-4-3-2-5-3/h2H,1H3. The van der Waals surface area contributed by atoms with Gasteiger partial charge in [-0.3, -0.25) is 0 Å². The van der Waals surface area contributed by atoms with Crippen LogP contribution in [0.3, 0.4) is 0 Å². The topological polar surface area (TPSA) is 0 Å². The quantitative estimate of drug-likeness (QED) is 0.498. The molecule has 0 unspecified atom stereocenters. The van der Waals surface area contributed by atoms with E-state index < -0.39 is 0 Å². The van der Waals surface area contributed by atoms with E-state index in [1.165, 1.54) is 4.24 Å². The van der Waals surface area contributed by atoms with Crippen molar-refractivity contribution in [3.63, 3.8) is 0 Å². The Balaban J connectivity index is 2.22. The Kier molecular flexibility index (Phi) is 0.918. The highest BCUT2D eigenvalue weighted by molar-refractivity contribution is 8.29. The largest absolute Gasteiger partial charge is 0.122 e. The molecule has 1 rings (SSSR count). The molecule has 0 nitrogen and oxygen atoms in total. The Morgan fingerprint density at radius 2 is 2.60 bits per heavy atom. The van der Waals surface area contributed by atoms with Crippen molar-refractivity contribution >= 4 is 23.5 Å². The van der Waals surface area contributed by atoms with Crippen molar-refractivity contribution in [1.29, 1.82) is 0 Å². The lowest BCUT2D eigenvalue weighted by Crippen LogP contribution is -1.32. The molecule has 1 heterocycles. The summed E-state index contributed by atoms with van der Waals surface area (Å²) in [5, 5.41) is 2.14. The fraction of sp³-hybridized carbons (Fsp3) is 0.333. The molecule has 1 aliphatic rings. The van der Waals surface area contributed by atoms with E-state index in [-0.39, 0.29) is 0 Å². The van der Waals surface area contributed by atoms with Crippen molar-refractivity contribution in [2.45, 2.75) is 0 Å². The molecule has 0 spiro atoms. The molecule has 0 aromatic carbocycles. The predicted molar refractivity (Wildman–Crippen MR) is 29.2 cm³/mol. The van der Waals surface area contributed by atoms with Gasteiger partial charge in [-0.2, -0.15) is 0 Å². The SMILES string of the molecule is CSC1=CS1. The van der Waals surface area contributed by atoms with Gasteiger partial charge in [0.05, 0.1) is 4.24 Å². The first-order valence-electron chi connectivity index (χ1n) is 1.34. The Hall–Kier alpha value is 0.440. The highest BCUT2D eigenvalue weighted by atomic mass is 32.2. The second-order valence-corrected chi connectivity index (χ2v) is 2.78. The van der Waals surface area contributed by atoms with Gasteiger partial charge in [0.1, 0.15) is 0 Å². The van der Waals surface area contributed by atoms with Crippen LogP contribution in [0.15, 0.2) is 9.65 Å². The lowest BCUT2D eigenvalue weighted by molar-refractivity contribution is 2.45. The van der Waals surface area contributed by atoms with E-state index >= 15 is 0 Å². The fourth-order valence-corrected chi connectivity index (χ4v) is 1.08. The summed E-state index contributed by atoms with van der Waals surface area (Å²) in [7, 11) is 0. The van der Waals surface area contributed by atoms with Gasteiger partial charge in [-0.05, 0) is 11.7 Å². The minimum atomic E-state index is 1.46. The van der Waals surface area contributed by atoms with Gasteiger partial charge in [-0.1, -0.05) is 11.8 Å². The average Bonchev–Trinajstić information content (AvgIpc) is 2.12. The van der Waals surface area contributed by atoms with Gasteiger partial charge in [-0.15, -0.1) is 11.8 Å². The molecule has 0 amide bonds.